The predicted octanol–water partition coefficient (Wildman–Crippen LogP) is 5.85. The van der Waals surface area contributed by atoms with Crippen molar-refractivity contribution >= 4 is 6.08 Å². The van der Waals surface area contributed by atoms with Crippen LogP contribution in [-0.4, -0.2) is 15.2 Å². The van der Waals surface area contributed by atoms with Crippen molar-refractivity contribution in [1.29, 1.82) is 0 Å². The summed E-state index contributed by atoms with van der Waals surface area (Å²) >= 11 is 0. The number of phenolic OH excluding ortho intramolecular Hbond substituents is 2. The molecule has 0 atom stereocenters. The Morgan fingerprint density at radius 1 is 0.885 bits per heavy atom. The number of hydrogen-bond acceptors (Lipinski definition) is 3. The van der Waals surface area contributed by atoms with Gasteiger partial charge in [0.1, 0.15) is 11.5 Å². The van der Waals surface area contributed by atoms with Gasteiger partial charge in [-0.2, -0.15) is 0 Å². The standard InChI is InChI=1S/C10H14.C7H7N.C6H6O2/c1-2-3-7-10-8-5-4-6-9-10;1-2-7-5-3-4-6-8-7;7-5-2-1-3-6(8)4-5/h4-6,8-9H,2-3,7H2,1H3;2-6H,1H2;1-4,7-8H. The number of phenols is 2. The van der Waals surface area contributed by atoms with Crippen molar-refractivity contribution in [2.24, 2.45) is 0 Å². The lowest BCUT2D eigenvalue weighted by atomic mass is 10.1. The molecule has 0 spiro atoms. The fourth-order valence-electron chi connectivity index (χ4n) is 2.02. The molecule has 1 aromatic heterocycles. The fourth-order valence-corrected chi connectivity index (χ4v) is 2.02. The lowest BCUT2D eigenvalue weighted by molar-refractivity contribution is 0.450. The lowest BCUT2D eigenvalue weighted by Gasteiger charge is -1.96. The second-order valence-corrected chi connectivity index (χ2v) is 5.57. The number of aromatic hydroxyl groups is 2. The predicted molar refractivity (Wildman–Crippen MR) is 109 cm³/mol. The molecular weight excluding hydrogens is 322 g/mol. The normalized spacial score (nSPS) is 9.12. The number of aromatic nitrogens is 1. The summed E-state index contributed by atoms with van der Waals surface area (Å²) in [7, 11) is 0. The molecule has 0 fully saturated rings. The maximum Gasteiger partial charge on any atom is 0.119 e. The molecule has 3 rings (SSSR count). The summed E-state index contributed by atoms with van der Waals surface area (Å²) in [6.07, 6.45) is 7.30. The summed E-state index contributed by atoms with van der Waals surface area (Å²) in [6, 6.07) is 22.2. The molecule has 1 heterocycles. The molecule has 0 radical (unpaired) electrons. The minimum absolute atomic E-state index is 0.0880. The highest BCUT2D eigenvalue weighted by Crippen LogP contribution is 2.14. The Kier molecular flexibility index (Phi) is 10.7. The zero-order chi connectivity index (χ0) is 19.0. The van der Waals surface area contributed by atoms with Crippen LogP contribution in [0, 0.1) is 0 Å². The van der Waals surface area contributed by atoms with E-state index in [-0.39, 0.29) is 11.5 Å². The summed E-state index contributed by atoms with van der Waals surface area (Å²) in [5, 5.41) is 17.3. The molecule has 0 unspecified atom stereocenters. The molecule has 0 bridgehead atoms. The van der Waals surface area contributed by atoms with Gasteiger partial charge >= 0.3 is 0 Å². The summed E-state index contributed by atoms with van der Waals surface area (Å²) in [5.74, 6) is 0.176. The molecule has 136 valence electrons. The number of unbranched alkanes of at least 4 members (excludes halogenated alkanes) is 1. The van der Waals surface area contributed by atoms with Gasteiger partial charge in [-0.1, -0.05) is 62.4 Å². The first-order valence-corrected chi connectivity index (χ1v) is 8.71. The number of aryl methyl sites for hydroxylation is 1. The van der Waals surface area contributed by atoms with Crippen molar-refractivity contribution in [1.82, 2.24) is 4.98 Å². The van der Waals surface area contributed by atoms with Crippen LogP contribution in [0.4, 0.5) is 0 Å². The second kappa shape index (κ2) is 13.2. The minimum atomic E-state index is 0.0880. The molecule has 3 aromatic rings. The fraction of sp³-hybridized carbons (Fsp3) is 0.174. The minimum Gasteiger partial charge on any atom is -0.508 e. The van der Waals surface area contributed by atoms with E-state index in [1.807, 2.05) is 18.2 Å². The van der Waals surface area contributed by atoms with E-state index in [0.717, 1.165) is 5.69 Å². The molecule has 0 amide bonds. The van der Waals surface area contributed by atoms with Crippen LogP contribution >= 0.6 is 0 Å². The van der Waals surface area contributed by atoms with E-state index in [1.54, 1.807) is 18.3 Å². The van der Waals surface area contributed by atoms with Crippen molar-refractivity contribution in [2.75, 3.05) is 0 Å². The van der Waals surface area contributed by atoms with Crippen LogP contribution in [0.5, 0.6) is 11.5 Å². The Labute approximate surface area is 156 Å². The number of rotatable bonds is 4. The zero-order valence-corrected chi connectivity index (χ0v) is 15.3. The summed E-state index contributed by atoms with van der Waals surface area (Å²) in [6.45, 7) is 5.79. The molecule has 0 saturated heterocycles. The third-order valence-electron chi connectivity index (χ3n) is 3.39. The van der Waals surface area contributed by atoms with Gasteiger partial charge in [0.25, 0.3) is 0 Å². The average molecular weight is 349 g/mol. The highest BCUT2D eigenvalue weighted by Gasteiger charge is 1.87. The Morgan fingerprint density at radius 3 is 1.96 bits per heavy atom. The third kappa shape index (κ3) is 9.93. The van der Waals surface area contributed by atoms with Gasteiger partial charge in [-0.25, -0.2) is 0 Å². The van der Waals surface area contributed by atoms with Gasteiger partial charge in [-0.05, 0) is 48.7 Å². The van der Waals surface area contributed by atoms with Crippen LogP contribution in [0.25, 0.3) is 6.08 Å². The van der Waals surface area contributed by atoms with Gasteiger partial charge in [-0.3, -0.25) is 4.98 Å². The van der Waals surface area contributed by atoms with Crippen LogP contribution in [-0.2, 0) is 6.42 Å². The van der Waals surface area contributed by atoms with E-state index in [9.17, 15) is 0 Å². The number of pyridine rings is 1. The van der Waals surface area contributed by atoms with E-state index in [1.165, 1.54) is 43.0 Å². The molecule has 2 aromatic carbocycles. The maximum absolute atomic E-state index is 8.65. The van der Waals surface area contributed by atoms with E-state index >= 15 is 0 Å². The van der Waals surface area contributed by atoms with Gasteiger partial charge in [0.15, 0.2) is 0 Å². The molecular formula is C23H27NO2. The first kappa shape index (κ1) is 21.0. The Hall–Kier alpha value is -3.07. The first-order valence-electron chi connectivity index (χ1n) is 8.71. The molecule has 0 aliphatic heterocycles. The second-order valence-electron chi connectivity index (χ2n) is 5.57. The van der Waals surface area contributed by atoms with E-state index in [4.69, 9.17) is 10.2 Å². The van der Waals surface area contributed by atoms with Crippen LogP contribution in [0.3, 0.4) is 0 Å². The highest BCUT2D eigenvalue weighted by molar-refractivity contribution is 5.40. The van der Waals surface area contributed by atoms with Crippen LogP contribution < -0.4 is 0 Å². The van der Waals surface area contributed by atoms with Crippen LogP contribution in [0.15, 0.2) is 85.6 Å². The molecule has 26 heavy (non-hydrogen) atoms. The van der Waals surface area contributed by atoms with E-state index < -0.39 is 0 Å². The first-order chi connectivity index (χ1) is 12.7. The van der Waals surface area contributed by atoms with Crippen LogP contribution in [0.1, 0.15) is 31.0 Å². The van der Waals surface area contributed by atoms with Gasteiger partial charge in [0.05, 0.1) is 5.69 Å². The van der Waals surface area contributed by atoms with Gasteiger partial charge in [-0.15, -0.1) is 0 Å². The maximum atomic E-state index is 8.65. The molecule has 3 heteroatoms. The van der Waals surface area contributed by atoms with Gasteiger partial charge < -0.3 is 10.2 Å². The molecule has 0 saturated carbocycles. The summed E-state index contributed by atoms with van der Waals surface area (Å²) in [5.41, 5.74) is 2.39. The molecule has 2 N–H and O–H groups in total. The third-order valence-corrected chi connectivity index (χ3v) is 3.39. The zero-order valence-electron chi connectivity index (χ0n) is 15.3. The highest BCUT2D eigenvalue weighted by atomic mass is 16.3. The van der Waals surface area contributed by atoms with Gasteiger partial charge in [0.2, 0.25) is 0 Å². The molecule has 0 aliphatic rings. The van der Waals surface area contributed by atoms with Crippen LogP contribution in [0.2, 0.25) is 0 Å². The Bertz CT molecular complexity index is 710. The number of benzene rings is 2. The largest absolute Gasteiger partial charge is 0.508 e. The molecule has 3 nitrogen and oxygen atoms in total. The number of nitrogens with zero attached hydrogens (tertiary/aromatic N) is 1. The van der Waals surface area contributed by atoms with Crippen molar-refractivity contribution in [3.05, 3.63) is 96.8 Å². The van der Waals surface area contributed by atoms with Gasteiger partial charge in [0, 0.05) is 12.3 Å². The van der Waals surface area contributed by atoms with Crippen molar-refractivity contribution in [3.8, 4) is 11.5 Å². The quantitative estimate of drug-likeness (QED) is 0.621. The SMILES string of the molecule is C=Cc1ccccn1.CCCCc1ccccc1.Oc1cccc(O)c1. The van der Waals surface area contributed by atoms with Crippen molar-refractivity contribution in [3.63, 3.8) is 0 Å². The number of hydrogen-bond donors (Lipinski definition) is 2. The Balaban J connectivity index is 0.000000197. The summed E-state index contributed by atoms with van der Waals surface area (Å²) in [4.78, 5) is 3.98. The van der Waals surface area contributed by atoms with E-state index in [2.05, 4.69) is 48.8 Å². The van der Waals surface area contributed by atoms with E-state index in [0.29, 0.717) is 0 Å². The topological polar surface area (TPSA) is 53.4 Å². The lowest BCUT2D eigenvalue weighted by Crippen LogP contribution is -1.81. The van der Waals surface area contributed by atoms with Crippen molar-refractivity contribution < 1.29 is 10.2 Å². The molecule has 0 aliphatic carbocycles. The summed E-state index contributed by atoms with van der Waals surface area (Å²) < 4.78 is 0. The average Bonchev–Trinajstić information content (AvgIpc) is 2.69. The smallest absolute Gasteiger partial charge is 0.119 e. The monoisotopic (exact) mass is 349 g/mol. The van der Waals surface area contributed by atoms with Crippen molar-refractivity contribution in [2.45, 2.75) is 26.2 Å². The Morgan fingerprint density at radius 2 is 1.54 bits per heavy atom.